The maximum Gasteiger partial charge on any atom is 0.287 e. The van der Waals surface area contributed by atoms with Gasteiger partial charge >= 0.3 is 0 Å². The molecule has 4 rings (SSSR count). The minimum Gasteiger partial charge on any atom is -0.456 e. The molecule has 2 aromatic heterocycles. The monoisotopic (exact) mass is 419 g/mol. The molecule has 6 nitrogen and oxygen atoms in total. The smallest absolute Gasteiger partial charge is 0.287 e. The Kier molecular flexibility index (Phi) is 6.49. The second kappa shape index (κ2) is 9.45. The molecule has 0 saturated carbocycles. The van der Waals surface area contributed by atoms with Crippen LogP contribution in [0.5, 0.6) is 0 Å². The Bertz CT molecular complexity index is 1040. The molecular weight excluding hydrogens is 390 g/mol. The summed E-state index contributed by atoms with van der Waals surface area (Å²) in [5, 5.41) is 3.16. The van der Waals surface area contributed by atoms with Gasteiger partial charge in [0, 0.05) is 37.6 Å². The standard InChI is InChI=1S/C25H29N3O3/c1-17-4-5-21(14-18(17)2)24(20-6-8-26-9-7-20)27-25(29)23-15-22(19(3)31-23)16-28-10-12-30-13-11-28/h4-9,14-15,24H,10-13,16H2,1-3H3,(H,27,29)/t24-/m0/s1. The summed E-state index contributed by atoms with van der Waals surface area (Å²) in [6.07, 6.45) is 3.49. The minimum atomic E-state index is -0.289. The lowest BCUT2D eigenvalue weighted by atomic mass is 9.96. The molecule has 1 N–H and O–H groups in total. The van der Waals surface area contributed by atoms with Crippen molar-refractivity contribution in [3.63, 3.8) is 0 Å². The Morgan fingerprint density at radius 2 is 1.77 bits per heavy atom. The lowest BCUT2D eigenvalue weighted by Gasteiger charge is -2.26. The third-order valence-corrected chi connectivity index (χ3v) is 5.92. The first-order valence-corrected chi connectivity index (χ1v) is 10.7. The van der Waals surface area contributed by atoms with Gasteiger partial charge in [-0.15, -0.1) is 0 Å². The highest BCUT2D eigenvalue weighted by Gasteiger charge is 2.22. The largest absolute Gasteiger partial charge is 0.456 e. The molecule has 0 radical (unpaired) electrons. The summed E-state index contributed by atoms with van der Waals surface area (Å²) in [7, 11) is 0. The van der Waals surface area contributed by atoms with Gasteiger partial charge in [-0.1, -0.05) is 18.2 Å². The number of morpholine rings is 1. The number of benzene rings is 1. The lowest BCUT2D eigenvalue weighted by Crippen LogP contribution is -2.35. The number of amides is 1. The van der Waals surface area contributed by atoms with Gasteiger partial charge in [0.05, 0.1) is 19.3 Å². The number of hydrogen-bond donors (Lipinski definition) is 1. The second-order valence-electron chi connectivity index (χ2n) is 8.11. The molecule has 0 spiro atoms. The number of hydrogen-bond acceptors (Lipinski definition) is 5. The molecule has 162 valence electrons. The highest BCUT2D eigenvalue weighted by atomic mass is 16.5. The molecule has 1 aliphatic rings. The number of ether oxygens (including phenoxy) is 1. The van der Waals surface area contributed by atoms with Crippen LogP contribution < -0.4 is 5.32 Å². The Morgan fingerprint density at radius 1 is 1.03 bits per heavy atom. The van der Waals surface area contributed by atoms with Crippen molar-refractivity contribution in [1.82, 2.24) is 15.2 Å². The maximum absolute atomic E-state index is 13.2. The molecule has 6 heteroatoms. The Morgan fingerprint density at radius 3 is 2.48 bits per heavy atom. The van der Waals surface area contributed by atoms with E-state index in [1.807, 2.05) is 25.1 Å². The molecule has 0 aliphatic carbocycles. The van der Waals surface area contributed by atoms with E-state index in [2.05, 4.69) is 47.2 Å². The number of nitrogens with one attached hydrogen (secondary N) is 1. The number of pyridine rings is 1. The van der Waals surface area contributed by atoms with E-state index in [9.17, 15) is 4.79 Å². The van der Waals surface area contributed by atoms with E-state index in [0.29, 0.717) is 5.76 Å². The average molecular weight is 420 g/mol. The molecule has 0 bridgehead atoms. The van der Waals surface area contributed by atoms with Gasteiger partial charge in [0.15, 0.2) is 5.76 Å². The molecule has 0 unspecified atom stereocenters. The van der Waals surface area contributed by atoms with E-state index in [1.165, 1.54) is 11.1 Å². The van der Waals surface area contributed by atoms with Crippen LogP contribution in [0.25, 0.3) is 0 Å². The SMILES string of the molecule is Cc1ccc([C@@H](NC(=O)c2cc(CN3CCOCC3)c(C)o2)c2ccncc2)cc1C. The molecule has 1 fully saturated rings. The summed E-state index contributed by atoms with van der Waals surface area (Å²) in [5.74, 6) is 0.892. The van der Waals surface area contributed by atoms with Gasteiger partial charge in [0.1, 0.15) is 5.76 Å². The van der Waals surface area contributed by atoms with Gasteiger partial charge in [-0.3, -0.25) is 14.7 Å². The number of nitrogens with zero attached hydrogens (tertiary/aromatic N) is 2. The zero-order valence-corrected chi connectivity index (χ0v) is 18.4. The van der Waals surface area contributed by atoms with Crippen LogP contribution in [0.1, 0.15) is 50.2 Å². The summed E-state index contributed by atoms with van der Waals surface area (Å²) in [5.41, 5.74) is 5.45. The van der Waals surface area contributed by atoms with Crippen LogP contribution in [-0.4, -0.2) is 42.1 Å². The van der Waals surface area contributed by atoms with Crippen LogP contribution in [0.3, 0.4) is 0 Å². The predicted molar refractivity (Wildman–Crippen MR) is 119 cm³/mol. The molecule has 1 aromatic carbocycles. The topological polar surface area (TPSA) is 67.6 Å². The summed E-state index contributed by atoms with van der Waals surface area (Å²) in [6.45, 7) is 10.1. The van der Waals surface area contributed by atoms with Crippen molar-refractivity contribution >= 4 is 5.91 Å². The molecule has 3 heterocycles. The van der Waals surface area contributed by atoms with E-state index in [0.717, 1.165) is 55.3 Å². The zero-order valence-electron chi connectivity index (χ0n) is 18.4. The van der Waals surface area contributed by atoms with E-state index >= 15 is 0 Å². The number of carbonyl (C=O) groups excluding carboxylic acids is 1. The van der Waals surface area contributed by atoms with Crippen LogP contribution in [0.4, 0.5) is 0 Å². The minimum absolute atomic E-state index is 0.226. The molecule has 1 saturated heterocycles. The van der Waals surface area contributed by atoms with Gasteiger partial charge in [-0.2, -0.15) is 0 Å². The van der Waals surface area contributed by atoms with E-state index in [1.54, 1.807) is 12.4 Å². The van der Waals surface area contributed by atoms with Crippen LogP contribution in [0.15, 0.2) is 53.2 Å². The molecule has 1 aliphatic heterocycles. The Balaban J connectivity index is 1.56. The summed E-state index contributed by atoms with van der Waals surface area (Å²) >= 11 is 0. The predicted octanol–water partition coefficient (Wildman–Crippen LogP) is 3.95. The van der Waals surface area contributed by atoms with Crippen molar-refractivity contribution in [1.29, 1.82) is 0 Å². The number of rotatable bonds is 6. The number of aryl methyl sites for hydroxylation is 3. The third kappa shape index (κ3) is 5.03. The van der Waals surface area contributed by atoms with Crippen molar-refractivity contribution in [2.75, 3.05) is 26.3 Å². The highest BCUT2D eigenvalue weighted by molar-refractivity contribution is 5.92. The first-order valence-electron chi connectivity index (χ1n) is 10.7. The van der Waals surface area contributed by atoms with Crippen LogP contribution in [-0.2, 0) is 11.3 Å². The van der Waals surface area contributed by atoms with Crippen molar-refractivity contribution in [2.24, 2.45) is 0 Å². The highest BCUT2D eigenvalue weighted by Crippen LogP contribution is 2.25. The number of carbonyl (C=O) groups is 1. The van der Waals surface area contributed by atoms with Crippen LogP contribution in [0.2, 0.25) is 0 Å². The molecule has 1 atom stereocenters. The first kappa shape index (κ1) is 21.3. The van der Waals surface area contributed by atoms with Crippen LogP contribution in [0, 0.1) is 20.8 Å². The number of aromatic nitrogens is 1. The molecule has 3 aromatic rings. The fourth-order valence-corrected chi connectivity index (χ4v) is 3.85. The van der Waals surface area contributed by atoms with Crippen molar-refractivity contribution in [3.8, 4) is 0 Å². The van der Waals surface area contributed by atoms with E-state index in [4.69, 9.17) is 9.15 Å². The fraction of sp³-hybridized carbons (Fsp3) is 0.360. The van der Waals surface area contributed by atoms with Gasteiger partial charge in [0.25, 0.3) is 5.91 Å². The van der Waals surface area contributed by atoms with E-state index in [-0.39, 0.29) is 11.9 Å². The lowest BCUT2D eigenvalue weighted by molar-refractivity contribution is 0.0340. The van der Waals surface area contributed by atoms with Gasteiger partial charge in [-0.05, 0) is 61.2 Å². The average Bonchev–Trinajstić information content (AvgIpc) is 3.15. The molecular formula is C25H29N3O3. The fourth-order valence-electron chi connectivity index (χ4n) is 3.85. The Hall–Kier alpha value is -2.96. The van der Waals surface area contributed by atoms with Crippen molar-refractivity contribution < 1.29 is 13.9 Å². The van der Waals surface area contributed by atoms with Gasteiger partial charge in [0.2, 0.25) is 0 Å². The number of furan rings is 1. The Labute approximate surface area is 183 Å². The summed E-state index contributed by atoms with van der Waals surface area (Å²) in [4.78, 5) is 19.6. The van der Waals surface area contributed by atoms with Gasteiger partial charge < -0.3 is 14.5 Å². The first-order chi connectivity index (χ1) is 15.0. The third-order valence-electron chi connectivity index (χ3n) is 5.92. The second-order valence-corrected chi connectivity index (χ2v) is 8.11. The van der Waals surface area contributed by atoms with Crippen molar-refractivity contribution in [3.05, 3.63) is 88.1 Å². The van der Waals surface area contributed by atoms with Crippen molar-refractivity contribution in [2.45, 2.75) is 33.4 Å². The normalized spacial score (nSPS) is 15.6. The summed E-state index contributed by atoms with van der Waals surface area (Å²) in [6, 6.07) is 11.7. The van der Waals surface area contributed by atoms with Crippen LogP contribution >= 0.6 is 0 Å². The summed E-state index contributed by atoms with van der Waals surface area (Å²) < 4.78 is 11.3. The van der Waals surface area contributed by atoms with Gasteiger partial charge in [-0.25, -0.2) is 0 Å². The quantitative estimate of drug-likeness (QED) is 0.655. The van der Waals surface area contributed by atoms with E-state index < -0.39 is 0 Å². The molecule has 1 amide bonds. The molecule has 31 heavy (non-hydrogen) atoms. The zero-order chi connectivity index (χ0) is 21.8. The maximum atomic E-state index is 13.2.